The average molecular weight is 608 g/mol. The number of carbonyl (C=O) groups excluding carboxylic acids is 2. The maximum atomic E-state index is 13.7. The molecule has 0 unspecified atom stereocenters. The summed E-state index contributed by atoms with van der Waals surface area (Å²) in [6.45, 7) is 4.32. The Labute approximate surface area is 262 Å². The Kier molecular flexibility index (Phi) is 8.89. The van der Waals surface area contributed by atoms with Crippen molar-refractivity contribution in [1.29, 1.82) is 0 Å². The van der Waals surface area contributed by atoms with Gasteiger partial charge in [0.05, 0.1) is 18.0 Å². The Morgan fingerprint density at radius 2 is 1.56 bits per heavy atom. The lowest BCUT2D eigenvalue weighted by atomic mass is 10.0. The second kappa shape index (κ2) is 12.8. The number of aromatic nitrogens is 3. The number of aryl methyl sites for hydroxylation is 1. The van der Waals surface area contributed by atoms with Crippen LogP contribution in [0, 0.1) is 6.92 Å². The zero-order chi connectivity index (χ0) is 29.2. The van der Waals surface area contributed by atoms with Gasteiger partial charge in [0.2, 0.25) is 0 Å². The normalized spacial score (nSPS) is 14.1. The lowest BCUT2D eigenvalue weighted by Crippen LogP contribution is -2.43. The van der Waals surface area contributed by atoms with Gasteiger partial charge in [0, 0.05) is 51.6 Å². The number of hydrogen-bond donors (Lipinski definition) is 0. The standard InChI is InChI=1S/C34H28ClN5O2.H2S/c1-22-17-26(19-31(37-22)38-32(24-9-5-3-6-10-24)25-11-7-4-8-12-25)30(41)18-27-20-36-40-23(2)21-39(34(42)33(27)40)29-15-13-28(35)14-16-29;/h3-17,19-20,23H,18,21H2,1-2H3;1H2/t23-;/m0./s1. The van der Waals surface area contributed by atoms with Gasteiger partial charge in [-0.1, -0.05) is 72.3 Å². The molecule has 0 fully saturated rings. The van der Waals surface area contributed by atoms with Crippen LogP contribution in [0.15, 0.2) is 108 Å². The molecule has 1 aliphatic heterocycles. The van der Waals surface area contributed by atoms with Crippen molar-refractivity contribution in [2.24, 2.45) is 4.99 Å². The highest BCUT2D eigenvalue weighted by Crippen LogP contribution is 2.29. The Morgan fingerprint density at radius 3 is 2.19 bits per heavy atom. The van der Waals surface area contributed by atoms with Crippen LogP contribution in [-0.4, -0.2) is 38.7 Å². The number of amides is 1. The van der Waals surface area contributed by atoms with Crippen molar-refractivity contribution in [3.05, 3.63) is 142 Å². The predicted octanol–water partition coefficient (Wildman–Crippen LogP) is 7.17. The SMILES string of the molecule is Cc1cc(C(=O)Cc2cnn3c2C(=O)N(c2ccc(Cl)cc2)C[C@@H]3C)cc(N=C(c2ccccc2)c2ccccc2)n1.S. The van der Waals surface area contributed by atoms with E-state index in [4.69, 9.17) is 16.6 Å². The lowest BCUT2D eigenvalue weighted by Gasteiger charge is -2.32. The number of Topliss-reactive ketones (excluding diaryl/α,β-unsaturated/α-hetero) is 1. The van der Waals surface area contributed by atoms with Crippen molar-refractivity contribution in [3.63, 3.8) is 0 Å². The summed E-state index contributed by atoms with van der Waals surface area (Å²) in [7, 11) is 0. The molecular formula is C34H30ClN5O2S. The third kappa shape index (κ3) is 6.30. The molecule has 7 nitrogen and oxygen atoms in total. The molecule has 1 amide bonds. The summed E-state index contributed by atoms with van der Waals surface area (Å²) in [4.78, 5) is 38.5. The first-order valence-corrected chi connectivity index (χ1v) is 14.1. The molecule has 1 atom stereocenters. The van der Waals surface area contributed by atoms with Gasteiger partial charge in [-0.05, 0) is 50.2 Å². The summed E-state index contributed by atoms with van der Waals surface area (Å²) in [5.41, 5.74) is 5.58. The monoisotopic (exact) mass is 607 g/mol. The summed E-state index contributed by atoms with van der Waals surface area (Å²) in [5, 5.41) is 5.08. The summed E-state index contributed by atoms with van der Waals surface area (Å²) >= 11 is 6.06. The van der Waals surface area contributed by atoms with E-state index in [-0.39, 0.29) is 37.6 Å². The largest absolute Gasteiger partial charge is 0.305 e. The van der Waals surface area contributed by atoms with Crippen molar-refractivity contribution in [2.45, 2.75) is 26.3 Å². The quantitative estimate of drug-likeness (QED) is 0.145. The minimum Gasteiger partial charge on any atom is -0.305 e. The fourth-order valence-corrected chi connectivity index (χ4v) is 5.37. The molecule has 5 aromatic rings. The van der Waals surface area contributed by atoms with E-state index in [2.05, 4.69) is 10.1 Å². The van der Waals surface area contributed by atoms with Gasteiger partial charge in [-0.15, -0.1) is 0 Å². The Bertz CT molecular complexity index is 1760. The minimum atomic E-state index is -0.192. The molecule has 1 aliphatic rings. The number of fused-ring (bicyclic) bond motifs is 1. The Hall–Kier alpha value is -4.53. The van der Waals surface area contributed by atoms with E-state index in [9.17, 15) is 9.59 Å². The van der Waals surface area contributed by atoms with Gasteiger partial charge in [0.1, 0.15) is 5.69 Å². The van der Waals surface area contributed by atoms with E-state index in [1.807, 2.05) is 86.6 Å². The molecule has 0 bridgehead atoms. The predicted molar refractivity (Wildman–Crippen MR) is 176 cm³/mol. The highest BCUT2D eigenvalue weighted by molar-refractivity contribution is 7.59. The molecule has 2 aromatic heterocycles. The van der Waals surface area contributed by atoms with Gasteiger partial charge in [0.15, 0.2) is 11.6 Å². The molecule has 3 aromatic carbocycles. The highest BCUT2D eigenvalue weighted by Gasteiger charge is 2.33. The van der Waals surface area contributed by atoms with Crippen LogP contribution in [0.4, 0.5) is 11.5 Å². The van der Waals surface area contributed by atoms with Gasteiger partial charge in [-0.3, -0.25) is 14.3 Å². The second-order valence-electron chi connectivity index (χ2n) is 10.4. The summed E-state index contributed by atoms with van der Waals surface area (Å²) < 4.78 is 1.72. The fraction of sp³-hybridized carbons (Fsp3) is 0.147. The molecule has 43 heavy (non-hydrogen) atoms. The number of rotatable bonds is 7. The third-order valence-electron chi connectivity index (χ3n) is 7.26. The fourth-order valence-electron chi connectivity index (χ4n) is 5.24. The summed E-state index contributed by atoms with van der Waals surface area (Å²) in [5.74, 6) is 0.108. The first kappa shape index (κ1) is 29.9. The number of nitrogens with zero attached hydrogens (tertiary/aromatic N) is 5. The van der Waals surface area contributed by atoms with Crippen LogP contribution < -0.4 is 4.90 Å². The molecule has 216 valence electrons. The van der Waals surface area contributed by atoms with Gasteiger partial charge >= 0.3 is 0 Å². The molecule has 0 saturated carbocycles. The van der Waals surface area contributed by atoms with Crippen LogP contribution in [0.3, 0.4) is 0 Å². The molecule has 0 spiro atoms. The van der Waals surface area contributed by atoms with Gasteiger partial charge in [-0.2, -0.15) is 18.6 Å². The maximum absolute atomic E-state index is 13.7. The van der Waals surface area contributed by atoms with Crippen molar-refractivity contribution >= 4 is 54.0 Å². The van der Waals surface area contributed by atoms with E-state index in [1.54, 1.807) is 40.0 Å². The zero-order valence-corrected chi connectivity index (χ0v) is 25.5. The molecule has 0 radical (unpaired) electrons. The second-order valence-corrected chi connectivity index (χ2v) is 10.8. The number of pyridine rings is 1. The first-order valence-electron chi connectivity index (χ1n) is 13.7. The molecule has 9 heteroatoms. The van der Waals surface area contributed by atoms with Crippen molar-refractivity contribution in [1.82, 2.24) is 14.8 Å². The number of halogens is 1. The smallest absolute Gasteiger partial charge is 0.276 e. The molecule has 0 N–H and O–H groups in total. The van der Waals surface area contributed by atoms with Crippen LogP contribution in [0.25, 0.3) is 0 Å². The van der Waals surface area contributed by atoms with E-state index in [0.29, 0.717) is 39.9 Å². The van der Waals surface area contributed by atoms with E-state index < -0.39 is 0 Å². The summed E-state index contributed by atoms with van der Waals surface area (Å²) in [6, 6.07) is 30.4. The van der Waals surface area contributed by atoms with Crippen molar-refractivity contribution in [2.75, 3.05) is 11.4 Å². The van der Waals surface area contributed by atoms with Crippen LogP contribution in [-0.2, 0) is 6.42 Å². The summed E-state index contributed by atoms with van der Waals surface area (Å²) in [6.07, 6.45) is 1.65. The topological polar surface area (TPSA) is 80.5 Å². The van der Waals surface area contributed by atoms with Gasteiger partial charge < -0.3 is 4.90 Å². The van der Waals surface area contributed by atoms with Crippen LogP contribution >= 0.6 is 25.1 Å². The number of hydrogen-bond acceptors (Lipinski definition) is 5. The van der Waals surface area contributed by atoms with Crippen LogP contribution in [0.2, 0.25) is 5.02 Å². The Morgan fingerprint density at radius 1 is 0.930 bits per heavy atom. The average Bonchev–Trinajstić information content (AvgIpc) is 3.43. The van der Waals surface area contributed by atoms with Gasteiger partial charge in [-0.25, -0.2) is 9.98 Å². The number of aliphatic imine (C=N–C) groups is 1. The van der Waals surface area contributed by atoms with Crippen LogP contribution in [0.5, 0.6) is 0 Å². The van der Waals surface area contributed by atoms with Crippen molar-refractivity contribution < 1.29 is 9.59 Å². The molecule has 3 heterocycles. The lowest BCUT2D eigenvalue weighted by molar-refractivity contribution is 0.0951. The minimum absolute atomic E-state index is 0. The highest BCUT2D eigenvalue weighted by atomic mass is 35.5. The third-order valence-corrected chi connectivity index (χ3v) is 7.51. The van der Waals surface area contributed by atoms with Gasteiger partial charge in [0.25, 0.3) is 5.91 Å². The maximum Gasteiger partial charge on any atom is 0.276 e. The van der Waals surface area contributed by atoms with Crippen LogP contribution in [0.1, 0.15) is 56.2 Å². The number of benzene rings is 3. The molecular weight excluding hydrogens is 578 g/mol. The zero-order valence-electron chi connectivity index (χ0n) is 23.7. The number of carbonyl (C=O) groups is 2. The number of ketones is 1. The Balaban J connectivity index is 0.00000368. The number of anilines is 1. The van der Waals surface area contributed by atoms with Crippen molar-refractivity contribution in [3.8, 4) is 0 Å². The molecule has 6 rings (SSSR count). The van der Waals surface area contributed by atoms with E-state index in [1.165, 1.54) is 0 Å². The molecule has 0 aliphatic carbocycles. The van der Waals surface area contributed by atoms with E-state index >= 15 is 0 Å². The first-order chi connectivity index (χ1) is 20.4. The molecule has 0 saturated heterocycles. The van der Waals surface area contributed by atoms with E-state index in [0.717, 1.165) is 22.5 Å².